The van der Waals surface area contributed by atoms with Gasteiger partial charge in [-0.1, -0.05) is 45.0 Å². The molecule has 4 N–H and O–H groups in total. The maximum absolute atomic E-state index is 13.2. The monoisotopic (exact) mass is 486 g/mol. The number of nitrogens with one attached hydrogen (secondary N) is 2. The molecule has 0 unspecified atom stereocenters. The number of hydrogen-bond acceptors (Lipinski definition) is 4. The Kier molecular flexibility index (Phi) is 6.81. The number of benzene rings is 3. The summed E-state index contributed by atoms with van der Waals surface area (Å²) in [5.74, 6) is -0.648. The average Bonchev–Trinajstić information content (AvgIpc) is 3.63. The second-order valence-electron chi connectivity index (χ2n) is 10.9. The Morgan fingerprint density at radius 3 is 2.22 bits per heavy atom. The third-order valence-electron chi connectivity index (χ3n) is 6.83. The predicted octanol–water partition coefficient (Wildman–Crippen LogP) is 5.91. The van der Waals surface area contributed by atoms with Crippen molar-refractivity contribution < 1.29 is 19.8 Å². The molecule has 3 aromatic rings. The number of aryl methyl sites for hydroxylation is 1. The van der Waals surface area contributed by atoms with Crippen LogP contribution in [0.2, 0.25) is 0 Å². The summed E-state index contributed by atoms with van der Waals surface area (Å²) in [5, 5.41) is 25.5. The van der Waals surface area contributed by atoms with Crippen LogP contribution in [0.15, 0.2) is 60.7 Å². The van der Waals surface area contributed by atoms with Gasteiger partial charge in [0, 0.05) is 17.8 Å². The fourth-order valence-corrected chi connectivity index (χ4v) is 4.31. The minimum absolute atomic E-state index is 0.0847. The molecular weight excluding hydrogens is 452 g/mol. The van der Waals surface area contributed by atoms with E-state index in [-0.39, 0.29) is 28.7 Å². The molecule has 0 radical (unpaired) electrons. The Morgan fingerprint density at radius 2 is 1.61 bits per heavy atom. The first-order chi connectivity index (χ1) is 17.0. The van der Waals surface area contributed by atoms with Crippen LogP contribution in [0.3, 0.4) is 0 Å². The van der Waals surface area contributed by atoms with Crippen LogP contribution in [-0.4, -0.2) is 28.6 Å². The third-order valence-corrected chi connectivity index (χ3v) is 6.83. The molecule has 3 aromatic carbocycles. The quantitative estimate of drug-likeness (QED) is 0.312. The summed E-state index contributed by atoms with van der Waals surface area (Å²) in [6.07, 6.45) is 2.27. The van der Waals surface area contributed by atoms with Crippen molar-refractivity contribution in [2.45, 2.75) is 52.4 Å². The largest absolute Gasteiger partial charge is 0.504 e. The zero-order chi connectivity index (χ0) is 26.1. The van der Waals surface area contributed by atoms with Crippen molar-refractivity contribution >= 4 is 17.5 Å². The van der Waals surface area contributed by atoms with E-state index in [1.54, 1.807) is 6.07 Å². The Morgan fingerprint density at radius 1 is 0.917 bits per heavy atom. The van der Waals surface area contributed by atoms with Crippen molar-refractivity contribution in [2.24, 2.45) is 5.41 Å². The highest BCUT2D eigenvalue weighted by atomic mass is 16.3. The van der Waals surface area contributed by atoms with Crippen LogP contribution < -0.4 is 10.6 Å². The van der Waals surface area contributed by atoms with E-state index in [0.29, 0.717) is 36.2 Å². The van der Waals surface area contributed by atoms with Crippen LogP contribution in [0.25, 0.3) is 11.1 Å². The summed E-state index contributed by atoms with van der Waals surface area (Å²) in [7, 11) is 0. The van der Waals surface area contributed by atoms with Gasteiger partial charge in [0.05, 0.1) is 5.41 Å². The number of carbonyl (C=O) groups excluding carboxylic acids is 2. The van der Waals surface area contributed by atoms with Crippen LogP contribution in [-0.2, 0) is 10.2 Å². The normalized spacial score (nSPS) is 14.2. The molecule has 0 atom stereocenters. The maximum Gasteiger partial charge on any atom is 0.251 e. The summed E-state index contributed by atoms with van der Waals surface area (Å²) in [6.45, 7) is 9.09. The van der Waals surface area contributed by atoms with E-state index >= 15 is 0 Å². The van der Waals surface area contributed by atoms with Crippen LogP contribution in [0.4, 0.5) is 5.69 Å². The van der Waals surface area contributed by atoms with Crippen molar-refractivity contribution in [3.63, 3.8) is 0 Å². The number of carbonyl (C=O) groups is 2. The lowest BCUT2D eigenvalue weighted by molar-refractivity contribution is -0.118. The smallest absolute Gasteiger partial charge is 0.251 e. The number of aromatic hydroxyl groups is 2. The Balaban J connectivity index is 1.47. The van der Waals surface area contributed by atoms with E-state index in [0.717, 1.165) is 23.1 Å². The minimum Gasteiger partial charge on any atom is -0.504 e. The van der Waals surface area contributed by atoms with Crippen molar-refractivity contribution in [1.82, 2.24) is 5.32 Å². The van der Waals surface area contributed by atoms with E-state index in [9.17, 15) is 19.8 Å². The number of phenolic OH excluding ortho intramolecular Hbond substituents is 2. The molecule has 6 nitrogen and oxygen atoms in total. The number of amides is 2. The fraction of sp³-hybridized carbons (Fsp3) is 0.333. The number of rotatable bonds is 7. The molecule has 0 aliphatic heterocycles. The Bertz CT molecular complexity index is 1290. The van der Waals surface area contributed by atoms with Crippen molar-refractivity contribution in [3.8, 4) is 22.6 Å². The van der Waals surface area contributed by atoms with E-state index in [1.807, 2.05) is 49.4 Å². The molecular formula is C30H34N2O4. The highest BCUT2D eigenvalue weighted by Gasteiger charge is 2.51. The summed E-state index contributed by atoms with van der Waals surface area (Å²) in [4.78, 5) is 25.7. The van der Waals surface area contributed by atoms with E-state index < -0.39 is 5.41 Å². The predicted molar refractivity (Wildman–Crippen MR) is 142 cm³/mol. The van der Waals surface area contributed by atoms with Gasteiger partial charge in [-0.2, -0.15) is 0 Å². The first kappa shape index (κ1) is 25.3. The molecule has 188 valence electrons. The van der Waals surface area contributed by atoms with Crippen molar-refractivity contribution in [2.75, 3.05) is 11.9 Å². The lowest BCUT2D eigenvalue weighted by atomic mass is 9.92. The third kappa shape index (κ3) is 5.54. The van der Waals surface area contributed by atoms with Gasteiger partial charge in [-0.15, -0.1) is 0 Å². The fourth-order valence-electron chi connectivity index (χ4n) is 4.31. The molecule has 0 heterocycles. The SMILES string of the molecule is Cc1ccc(NC(=O)C2(c3ccc(O)c(O)c3)CC2)cc1-c1ccc(C(=O)NCCC(C)(C)C)cc1. The first-order valence-corrected chi connectivity index (χ1v) is 12.3. The van der Waals surface area contributed by atoms with Gasteiger partial charge in [-0.3, -0.25) is 9.59 Å². The topological polar surface area (TPSA) is 98.7 Å². The van der Waals surface area contributed by atoms with Crippen molar-refractivity contribution in [1.29, 1.82) is 0 Å². The Hall–Kier alpha value is -3.80. The molecule has 1 saturated carbocycles. The van der Waals surface area contributed by atoms with Gasteiger partial charge in [0.15, 0.2) is 11.5 Å². The molecule has 36 heavy (non-hydrogen) atoms. The average molecular weight is 487 g/mol. The molecule has 0 aromatic heterocycles. The van der Waals surface area contributed by atoms with Crippen LogP contribution in [0.5, 0.6) is 11.5 Å². The van der Waals surface area contributed by atoms with E-state index in [4.69, 9.17) is 0 Å². The highest BCUT2D eigenvalue weighted by Crippen LogP contribution is 2.50. The molecule has 2 amide bonds. The van der Waals surface area contributed by atoms with Crippen LogP contribution >= 0.6 is 0 Å². The molecule has 0 saturated heterocycles. The van der Waals surface area contributed by atoms with Gasteiger partial charge >= 0.3 is 0 Å². The minimum atomic E-state index is -0.696. The number of anilines is 1. The summed E-state index contributed by atoms with van der Waals surface area (Å²) in [6, 6.07) is 17.8. The molecule has 1 aliphatic carbocycles. The highest BCUT2D eigenvalue weighted by molar-refractivity contribution is 6.02. The van der Waals surface area contributed by atoms with Gasteiger partial charge in [0.2, 0.25) is 5.91 Å². The lowest BCUT2D eigenvalue weighted by Gasteiger charge is -2.18. The van der Waals surface area contributed by atoms with E-state index in [2.05, 4.69) is 31.4 Å². The van der Waals surface area contributed by atoms with Crippen LogP contribution in [0, 0.1) is 12.3 Å². The molecule has 6 heteroatoms. The van der Waals surface area contributed by atoms with Crippen molar-refractivity contribution in [3.05, 3.63) is 77.4 Å². The van der Waals surface area contributed by atoms with Gasteiger partial charge in [-0.05, 0) is 90.3 Å². The van der Waals surface area contributed by atoms with E-state index in [1.165, 1.54) is 12.1 Å². The van der Waals surface area contributed by atoms with Gasteiger partial charge in [-0.25, -0.2) is 0 Å². The Labute approximate surface area is 212 Å². The lowest BCUT2D eigenvalue weighted by Crippen LogP contribution is -2.27. The molecule has 0 bridgehead atoms. The second-order valence-corrected chi connectivity index (χ2v) is 10.9. The maximum atomic E-state index is 13.2. The molecule has 4 rings (SSSR count). The number of hydrogen-bond donors (Lipinski definition) is 4. The molecule has 1 fully saturated rings. The van der Waals surface area contributed by atoms with Crippen LogP contribution in [0.1, 0.15) is 61.5 Å². The first-order valence-electron chi connectivity index (χ1n) is 12.3. The zero-order valence-corrected chi connectivity index (χ0v) is 21.3. The van der Waals surface area contributed by atoms with Gasteiger partial charge < -0.3 is 20.8 Å². The number of phenols is 2. The summed E-state index contributed by atoms with van der Waals surface area (Å²) < 4.78 is 0. The molecule has 0 spiro atoms. The second kappa shape index (κ2) is 9.69. The summed E-state index contributed by atoms with van der Waals surface area (Å²) >= 11 is 0. The zero-order valence-electron chi connectivity index (χ0n) is 21.3. The summed E-state index contributed by atoms with van der Waals surface area (Å²) in [5.41, 5.74) is 4.44. The van der Waals surface area contributed by atoms with Gasteiger partial charge in [0.25, 0.3) is 5.91 Å². The van der Waals surface area contributed by atoms with Gasteiger partial charge in [0.1, 0.15) is 0 Å². The standard InChI is InChI=1S/C30H34N2O4/c1-19-5-11-23(32-28(36)30(13-14-30)22-10-12-25(33)26(34)17-22)18-24(19)20-6-8-21(9-7-20)27(35)31-16-15-29(2,3)4/h5-12,17-18,33-34H,13-16H2,1-4H3,(H,31,35)(H,32,36). The molecule has 1 aliphatic rings.